The number of hydrogen-bond acceptors (Lipinski definition) is 5. The van der Waals surface area contributed by atoms with E-state index in [0.29, 0.717) is 5.75 Å². The van der Waals surface area contributed by atoms with Crippen molar-refractivity contribution in [2.45, 2.75) is 37.7 Å². The number of Topliss-reactive ketones (excluding diaryl/α,β-unsaturated/α-hetero) is 1. The second-order valence-corrected chi connectivity index (χ2v) is 8.20. The summed E-state index contributed by atoms with van der Waals surface area (Å²) in [6.07, 6.45) is -0.776. The highest BCUT2D eigenvalue weighted by Gasteiger charge is 2.17. The van der Waals surface area contributed by atoms with Gasteiger partial charge in [-0.2, -0.15) is 0 Å². The van der Waals surface area contributed by atoms with Crippen LogP contribution in [-0.2, 0) is 14.8 Å². The maximum absolute atomic E-state index is 12.4. The lowest BCUT2D eigenvalue weighted by Crippen LogP contribution is -2.33. The van der Waals surface area contributed by atoms with E-state index in [9.17, 15) is 18.0 Å². The van der Waals surface area contributed by atoms with E-state index in [0.717, 1.165) is 5.56 Å². The van der Waals surface area contributed by atoms with Crippen molar-refractivity contribution in [3.05, 3.63) is 59.7 Å². The average Bonchev–Trinajstić information content (AvgIpc) is 2.66. The van der Waals surface area contributed by atoms with Gasteiger partial charge in [0.25, 0.3) is 0 Å². The van der Waals surface area contributed by atoms with Gasteiger partial charge in [-0.1, -0.05) is 29.8 Å². The lowest BCUT2D eigenvalue weighted by molar-refractivity contribution is -0.136. The zero-order valence-electron chi connectivity index (χ0n) is 15.7. The summed E-state index contributed by atoms with van der Waals surface area (Å²) in [5.74, 6) is -0.750. The maximum atomic E-state index is 12.4. The number of sulfonamides is 1. The van der Waals surface area contributed by atoms with Crippen LogP contribution in [0.1, 0.15) is 35.7 Å². The van der Waals surface area contributed by atoms with Crippen molar-refractivity contribution in [3.8, 4) is 5.75 Å². The largest absolute Gasteiger partial charge is 0.489 e. The van der Waals surface area contributed by atoms with Gasteiger partial charge >= 0.3 is 5.97 Å². The fraction of sp³-hybridized carbons (Fsp3) is 0.300. The Bertz CT molecular complexity index is 920. The Hall–Kier alpha value is -2.71. The minimum Gasteiger partial charge on any atom is -0.489 e. The number of ether oxygens (including phenoxy) is 1. The predicted octanol–water partition coefficient (Wildman–Crippen LogP) is 2.79. The molecule has 0 spiro atoms. The molecule has 0 saturated carbocycles. The van der Waals surface area contributed by atoms with E-state index < -0.39 is 16.0 Å². The smallest absolute Gasteiger partial charge is 0.303 e. The van der Waals surface area contributed by atoms with E-state index in [4.69, 9.17) is 9.84 Å². The molecule has 1 unspecified atom stereocenters. The molecule has 7 nitrogen and oxygen atoms in total. The molecule has 0 radical (unpaired) electrons. The highest BCUT2D eigenvalue weighted by atomic mass is 32.2. The van der Waals surface area contributed by atoms with Gasteiger partial charge in [0.2, 0.25) is 10.0 Å². The van der Waals surface area contributed by atoms with E-state index in [1.165, 1.54) is 24.3 Å². The summed E-state index contributed by atoms with van der Waals surface area (Å²) < 4.78 is 33.0. The lowest BCUT2D eigenvalue weighted by atomic mass is 10.1. The summed E-state index contributed by atoms with van der Waals surface area (Å²) in [7, 11) is -3.76. The quantitative estimate of drug-likeness (QED) is 0.588. The first-order valence-corrected chi connectivity index (χ1v) is 10.2. The molecule has 28 heavy (non-hydrogen) atoms. The first-order chi connectivity index (χ1) is 13.2. The third kappa shape index (κ3) is 6.47. The molecular formula is C20H23NO6S. The second kappa shape index (κ2) is 9.48. The summed E-state index contributed by atoms with van der Waals surface area (Å²) in [6, 6.07) is 12.9. The van der Waals surface area contributed by atoms with Crippen molar-refractivity contribution in [1.29, 1.82) is 0 Å². The van der Waals surface area contributed by atoms with Gasteiger partial charge in [-0.15, -0.1) is 0 Å². The van der Waals surface area contributed by atoms with Crippen LogP contribution in [-0.4, -0.2) is 37.9 Å². The van der Waals surface area contributed by atoms with Gasteiger partial charge in [0.15, 0.2) is 5.78 Å². The molecule has 0 fully saturated rings. The summed E-state index contributed by atoms with van der Waals surface area (Å²) in [5, 5.41) is 8.62. The van der Waals surface area contributed by atoms with Gasteiger partial charge in [-0.3, -0.25) is 9.59 Å². The minimum absolute atomic E-state index is 0.0184. The average molecular weight is 405 g/mol. The van der Waals surface area contributed by atoms with Crippen LogP contribution in [0.15, 0.2) is 53.4 Å². The van der Waals surface area contributed by atoms with Crippen LogP contribution in [0, 0.1) is 6.92 Å². The third-order valence-corrected chi connectivity index (χ3v) is 5.41. The first-order valence-electron chi connectivity index (χ1n) is 8.75. The molecule has 2 N–H and O–H groups in total. The number of carbonyl (C=O) groups excluding carboxylic acids is 1. The molecule has 0 saturated heterocycles. The molecule has 0 heterocycles. The van der Waals surface area contributed by atoms with Crippen LogP contribution in [0.25, 0.3) is 0 Å². The summed E-state index contributed by atoms with van der Waals surface area (Å²) >= 11 is 0. The van der Waals surface area contributed by atoms with Gasteiger partial charge in [0.05, 0.1) is 11.3 Å². The van der Waals surface area contributed by atoms with Gasteiger partial charge in [-0.05, 0) is 38.1 Å². The Morgan fingerprint density at radius 3 is 2.21 bits per heavy atom. The molecule has 0 amide bonds. The molecule has 150 valence electrons. The number of carboxylic acids is 1. The number of hydrogen-bond donors (Lipinski definition) is 2. The highest BCUT2D eigenvalue weighted by molar-refractivity contribution is 7.89. The molecule has 0 aromatic heterocycles. The number of nitrogens with one attached hydrogen (secondary N) is 1. The maximum Gasteiger partial charge on any atom is 0.303 e. The molecule has 0 aliphatic heterocycles. The SMILES string of the molecule is Cc1ccc(OC(C)CNS(=O)(=O)c2ccc(C(=O)CCC(=O)O)cc2)cc1. The van der Waals surface area contributed by atoms with Crippen molar-refractivity contribution >= 4 is 21.8 Å². The van der Waals surface area contributed by atoms with E-state index in [1.807, 2.05) is 31.2 Å². The van der Waals surface area contributed by atoms with Crippen LogP contribution < -0.4 is 9.46 Å². The zero-order chi connectivity index (χ0) is 20.7. The number of ketones is 1. The van der Waals surface area contributed by atoms with Crippen LogP contribution in [0.4, 0.5) is 0 Å². The van der Waals surface area contributed by atoms with E-state index >= 15 is 0 Å². The molecule has 0 aliphatic rings. The van der Waals surface area contributed by atoms with Gasteiger partial charge in [0.1, 0.15) is 11.9 Å². The fourth-order valence-corrected chi connectivity index (χ4v) is 3.50. The minimum atomic E-state index is -3.76. The van der Waals surface area contributed by atoms with Crippen molar-refractivity contribution < 1.29 is 27.9 Å². The van der Waals surface area contributed by atoms with Crippen LogP contribution in [0.5, 0.6) is 5.75 Å². The van der Waals surface area contributed by atoms with Crippen molar-refractivity contribution in [1.82, 2.24) is 4.72 Å². The van der Waals surface area contributed by atoms with E-state index in [2.05, 4.69) is 4.72 Å². The number of carbonyl (C=O) groups is 2. The first kappa shape index (κ1) is 21.6. The normalized spacial score (nSPS) is 12.4. The Labute approximate surface area is 164 Å². The van der Waals surface area contributed by atoms with Crippen molar-refractivity contribution in [2.24, 2.45) is 0 Å². The van der Waals surface area contributed by atoms with Crippen molar-refractivity contribution in [3.63, 3.8) is 0 Å². The van der Waals surface area contributed by atoms with Crippen LogP contribution in [0.3, 0.4) is 0 Å². The fourth-order valence-electron chi connectivity index (χ4n) is 2.39. The number of aryl methyl sites for hydroxylation is 1. The molecule has 2 aromatic carbocycles. The monoisotopic (exact) mass is 405 g/mol. The third-order valence-electron chi connectivity index (χ3n) is 3.97. The van der Waals surface area contributed by atoms with E-state index in [1.54, 1.807) is 6.92 Å². The standard InChI is InChI=1S/C20H23NO6S/c1-14-3-7-17(8-4-14)27-15(2)13-21-28(25,26)18-9-5-16(6-10-18)19(22)11-12-20(23)24/h3-10,15,21H,11-13H2,1-2H3,(H,23,24). The van der Waals surface area contributed by atoms with Crippen LogP contribution in [0.2, 0.25) is 0 Å². The Kier molecular flexibility index (Phi) is 7.31. The molecule has 0 aliphatic carbocycles. The van der Waals surface area contributed by atoms with Crippen LogP contribution >= 0.6 is 0 Å². The lowest BCUT2D eigenvalue weighted by Gasteiger charge is -2.16. The second-order valence-electron chi connectivity index (χ2n) is 6.43. The molecule has 2 aromatic rings. The Balaban J connectivity index is 1.93. The molecule has 2 rings (SSSR count). The molecule has 1 atom stereocenters. The highest BCUT2D eigenvalue weighted by Crippen LogP contribution is 2.15. The van der Waals surface area contributed by atoms with Gasteiger partial charge in [0, 0.05) is 18.5 Å². The number of benzene rings is 2. The molecule has 0 bridgehead atoms. The van der Waals surface area contributed by atoms with E-state index in [-0.39, 0.29) is 41.7 Å². The number of carboxylic acid groups (broad SMARTS) is 1. The predicted molar refractivity (Wildman–Crippen MR) is 104 cm³/mol. The summed E-state index contributed by atoms with van der Waals surface area (Å²) in [5.41, 5.74) is 1.38. The summed E-state index contributed by atoms with van der Waals surface area (Å²) in [6.45, 7) is 3.80. The summed E-state index contributed by atoms with van der Waals surface area (Å²) in [4.78, 5) is 22.4. The number of rotatable bonds is 10. The Morgan fingerprint density at radius 1 is 1.04 bits per heavy atom. The molecule has 8 heteroatoms. The topological polar surface area (TPSA) is 110 Å². The number of aliphatic carboxylic acids is 1. The molecular weight excluding hydrogens is 382 g/mol. The Morgan fingerprint density at radius 2 is 1.64 bits per heavy atom. The van der Waals surface area contributed by atoms with Gasteiger partial charge < -0.3 is 9.84 Å². The zero-order valence-corrected chi connectivity index (χ0v) is 16.5. The van der Waals surface area contributed by atoms with Gasteiger partial charge in [-0.25, -0.2) is 13.1 Å². The van der Waals surface area contributed by atoms with Crippen molar-refractivity contribution in [2.75, 3.05) is 6.54 Å².